The summed E-state index contributed by atoms with van der Waals surface area (Å²) in [5.41, 5.74) is 7.27. The first-order chi connectivity index (χ1) is 11.6. The molecule has 124 valence electrons. The number of hydrogen-bond donors (Lipinski definition) is 2. The summed E-state index contributed by atoms with van der Waals surface area (Å²) in [6, 6.07) is 13.6. The second-order valence-electron chi connectivity index (χ2n) is 4.92. The molecule has 0 aliphatic heterocycles. The van der Waals surface area contributed by atoms with E-state index in [9.17, 15) is 14.9 Å². The number of nitro benzene ring substituents is 1. The second kappa shape index (κ2) is 8.33. The van der Waals surface area contributed by atoms with Crippen molar-refractivity contribution in [1.29, 1.82) is 0 Å². The van der Waals surface area contributed by atoms with Crippen LogP contribution < -0.4 is 11.1 Å². The quantitative estimate of drug-likeness (QED) is 0.481. The number of nitrogen functional groups attached to an aromatic ring is 1. The van der Waals surface area contributed by atoms with E-state index in [2.05, 4.69) is 5.32 Å². The summed E-state index contributed by atoms with van der Waals surface area (Å²) in [5, 5.41) is 13.5. The maximum atomic E-state index is 11.6. The molecule has 0 radical (unpaired) electrons. The van der Waals surface area contributed by atoms with Gasteiger partial charge in [-0.1, -0.05) is 42.5 Å². The minimum absolute atomic E-state index is 0.0490. The molecule has 2 aromatic rings. The van der Waals surface area contributed by atoms with Gasteiger partial charge in [0.2, 0.25) is 0 Å². The molecule has 0 fully saturated rings. The first kappa shape index (κ1) is 17.0. The van der Waals surface area contributed by atoms with Crippen molar-refractivity contribution in [3.05, 3.63) is 75.8 Å². The van der Waals surface area contributed by atoms with Gasteiger partial charge in [0.25, 0.3) is 5.69 Å². The van der Waals surface area contributed by atoms with Crippen LogP contribution in [0.15, 0.2) is 54.6 Å². The Hall–Kier alpha value is -3.35. The molecule has 0 bridgehead atoms. The standard InChI is InChI=1S/C17H17N3O4/c18-15-8-9-16(20(22)23)14(11-15)7-4-10-19-17(21)24-12-13-5-2-1-3-6-13/h1-9,11H,10,12,18H2,(H,19,21). The Kier molecular flexibility index (Phi) is 5.90. The number of nitrogens with two attached hydrogens (primary N) is 1. The van der Waals surface area contributed by atoms with Crippen molar-refractivity contribution in [3.8, 4) is 0 Å². The first-order valence-electron chi connectivity index (χ1n) is 7.21. The largest absolute Gasteiger partial charge is 0.445 e. The molecule has 0 heterocycles. The molecule has 2 rings (SSSR count). The van der Waals surface area contributed by atoms with Crippen molar-refractivity contribution in [1.82, 2.24) is 5.32 Å². The van der Waals surface area contributed by atoms with Gasteiger partial charge < -0.3 is 15.8 Å². The lowest BCUT2D eigenvalue weighted by molar-refractivity contribution is -0.385. The Bertz CT molecular complexity index is 745. The smallest absolute Gasteiger partial charge is 0.407 e. The maximum absolute atomic E-state index is 11.6. The van der Waals surface area contributed by atoms with Crippen molar-refractivity contribution in [3.63, 3.8) is 0 Å². The van der Waals surface area contributed by atoms with Crippen LogP contribution in [0.25, 0.3) is 6.08 Å². The zero-order valence-corrected chi connectivity index (χ0v) is 12.8. The average Bonchev–Trinajstić information content (AvgIpc) is 2.57. The molecule has 7 nitrogen and oxygen atoms in total. The van der Waals surface area contributed by atoms with Crippen LogP contribution in [0.4, 0.5) is 16.2 Å². The summed E-state index contributed by atoms with van der Waals surface area (Å²) in [7, 11) is 0. The van der Waals surface area contributed by atoms with Crippen molar-refractivity contribution < 1.29 is 14.5 Å². The number of carbonyl (C=O) groups is 1. The van der Waals surface area contributed by atoms with Crippen LogP contribution >= 0.6 is 0 Å². The molecule has 3 N–H and O–H groups in total. The van der Waals surface area contributed by atoms with Crippen LogP contribution in [-0.2, 0) is 11.3 Å². The van der Waals surface area contributed by atoms with Crippen molar-refractivity contribution in [2.45, 2.75) is 6.61 Å². The highest BCUT2D eigenvalue weighted by Gasteiger charge is 2.10. The van der Waals surface area contributed by atoms with E-state index >= 15 is 0 Å². The van der Waals surface area contributed by atoms with Gasteiger partial charge in [0.1, 0.15) is 6.61 Å². The first-order valence-corrected chi connectivity index (χ1v) is 7.21. The topological polar surface area (TPSA) is 107 Å². The fourth-order valence-electron chi connectivity index (χ4n) is 1.98. The molecule has 1 amide bonds. The van der Waals surface area contributed by atoms with Crippen molar-refractivity contribution >= 4 is 23.5 Å². The van der Waals surface area contributed by atoms with Crippen LogP contribution in [0, 0.1) is 10.1 Å². The third-order valence-electron chi connectivity index (χ3n) is 3.12. The van der Waals surface area contributed by atoms with E-state index in [0.29, 0.717) is 11.3 Å². The Morgan fingerprint density at radius 2 is 2.00 bits per heavy atom. The van der Waals surface area contributed by atoms with Gasteiger partial charge in [-0.25, -0.2) is 4.79 Å². The Balaban J connectivity index is 1.83. The summed E-state index contributed by atoms with van der Waals surface area (Å²) < 4.78 is 5.05. The number of carbonyl (C=O) groups excluding carboxylic acids is 1. The number of rotatable bonds is 6. The van der Waals surface area contributed by atoms with Crippen LogP contribution in [-0.4, -0.2) is 17.6 Å². The van der Waals surface area contributed by atoms with Gasteiger partial charge in [-0.3, -0.25) is 10.1 Å². The molecule has 0 aliphatic rings. The lowest BCUT2D eigenvalue weighted by atomic mass is 10.1. The molecular formula is C17H17N3O4. The number of anilines is 1. The number of hydrogen-bond acceptors (Lipinski definition) is 5. The van der Waals surface area contributed by atoms with E-state index in [0.717, 1.165) is 5.56 Å². The minimum Gasteiger partial charge on any atom is -0.445 e. The summed E-state index contributed by atoms with van der Waals surface area (Å²) in [4.78, 5) is 22.0. The third kappa shape index (κ3) is 5.13. The lowest BCUT2D eigenvalue weighted by Gasteiger charge is -2.05. The van der Waals surface area contributed by atoms with Gasteiger partial charge in [0.05, 0.1) is 10.5 Å². The number of ether oxygens (including phenoxy) is 1. The zero-order valence-electron chi connectivity index (χ0n) is 12.8. The predicted octanol–water partition coefficient (Wildman–Crippen LogP) is 3.12. The highest BCUT2D eigenvalue weighted by atomic mass is 16.6. The number of nitro groups is 1. The van der Waals surface area contributed by atoms with Crippen LogP contribution in [0.2, 0.25) is 0 Å². The van der Waals surface area contributed by atoms with Crippen molar-refractivity contribution in [2.75, 3.05) is 12.3 Å². The van der Waals surface area contributed by atoms with Gasteiger partial charge in [0, 0.05) is 18.3 Å². The number of amides is 1. The summed E-state index contributed by atoms with van der Waals surface area (Å²) in [6.07, 6.45) is 2.56. The maximum Gasteiger partial charge on any atom is 0.407 e. The zero-order chi connectivity index (χ0) is 17.4. The number of nitrogens with zero attached hydrogens (tertiary/aromatic N) is 1. The Morgan fingerprint density at radius 1 is 1.25 bits per heavy atom. The molecule has 0 atom stereocenters. The molecule has 7 heteroatoms. The van der Waals surface area contributed by atoms with Crippen LogP contribution in [0.3, 0.4) is 0 Å². The Labute approximate surface area is 138 Å². The summed E-state index contributed by atoms with van der Waals surface area (Å²) in [5.74, 6) is 0. The van der Waals surface area contributed by atoms with E-state index in [1.165, 1.54) is 24.3 Å². The second-order valence-corrected chi connectivity index (χ2v) is 4.92. The highest BCUT2D eigenvalue weighted by molar-refractivity contribution is 5.68. The number of benzene rings is 2. The normalized spacial score (nSPS) is 10.5. The minimum atomic E-state index is -0.564. The third-order valence-corrected chi connectivity index (χ3v) is 3.12. The number of alkyl carbamates (subject to hydrolysis) is 1. The molecule has 0 aliphatic carbocycles. The lowest BCUT2D eigenvalue weighted by Crippen LogP contribution is -2.24. The van der Waals surface area contributed by atoms with Crippen LogP contribution in [0.1, 0.15) is 11.1 Å². The predicted molar refractivity (Wildman–Crippen MR) is 91.2 cm³/mol. The fourth-order valence-corrected chi connectivity index (χ4v) is 1.98. The van der Waals surface area contributed by atoms with Gasteiger partial charge >= 0.3 is 6.09 Å². The van der Waals surface area contributed by atoms with E-state index in [1.54, 1.807) is 6.08 Å². The van der Waals surface area contributed by atoms with Crippen LogP contribution in [0.5, 0.6) is 0 Å². The average molecular weight is 327 g/mol. The molecule has 0 spiro atoms. The fraction of sp³-hybridized carbons (Fsp3) is 0.118. The molecule has 24 heavy (non-hydrogen) atoms. The molecule has 2 aromatic carbocycles. The Morgan fingerprint density at radius 3 is 2.71 bits per heavy atom. The molecular weight excluding hydrogens is 310 g/mol. The highest BCUT2D eigenvalue weighted by Crippen LogP contribution is 2.22. The van der Waals surface area contributed by atoms with Gasteiger partial charge in [-0.15, -0.1) is 0 Å². The molecule has 0 unspecified atom stereocenters. The molecule has 0 saturated heterocycles. The monoisotopic (exact) mass is 327 g/mol. The molecule has 0 aromatic heterocycles. The van der Waals surface area contributed by atoms with E-state index in [4.69, 9.17) is 10.5 Å². The number of nitrogens with one attached hydrogen (secondary N) is 1. The summed E-state index contributed by atoms with van der Waals surface area (Å²) >= 11 is 0. The van der Waals surface area contributed by atoms with E-state index < -0.39 is 11.0 Å². The summed E-state index contributed by atoms with van der Waals surface area (Å²) in [6.45, 7) is 0.358. The SMILES string of the molecule is Nc1ccc([N+](=O)[O-])c(C=CCNC(=O)OCc2ccccc2)c1. The van der Waals surface area contributed by atoms with Gasteiger partial charge in [0.15, 0.2) is 0 Å². The molecule has 0 saturated carbocycles. The van der Waals surface area contributed by atoms with E-state index in [-0.39, 0.29) is 18.8 Å². The van der Waals surface area contributed by atoms with Gasteiger partial charge in [-0.05, 0) is 17.7 Å². The van der Waals surface area contributed by atoms with Crippen molar-refractivity contribution in [2.24, 2.45) is 0 Å². The van der Waals surface area contributed by atoms with E-state index in [1.807, 2.05) is 30.3 Å². The van der Waals surface area contributed by atoms with Gasteiger partial charge in [-0.2, -0.15) is 0 Å².